The zero-order chi connectivity index (χ0) is 29.8. The Labute approximate surface area is 244 Å². The van der Waals surface area contributed by atoms with Crippen molar-refractivity contribution in [2.24, 2.45) is 0 Å². The van der Waals surface area contributed by atoms with Gasteiger partial charge in [-0.3, -0.25) is 14.1 Å². The maximum absolute atomic E-state index is 15.0. The summed E-state index contributed by atoms with van der Waals surface area (Å²) >= 11 is 0. The highest BCUT2D eigenvalue weighted by atomic mass is 19.2. The third-order valence-electron chi connectivity index (χ3n) is 7.55. The van der Waals surface area contributed by atoms with Gasteiger partial charge in [-0.25, -0.2) is 14.4 Å². The van der Waals surface area contributed by atoms with E-state index < -0.39 is 11.6 Å². The summed E-state index contributed by atoms with van der Waals surface area (Å²) in [5.41, 5.74) is 3.28. The first-order valence-corrected chi connectivity index (χ1v) is 14.3. The fourth-order valence-corrected chi connectivity index (χ4v) is 5.20. The number of hydrogen-bond acceptors (Lipinski definition) is 7. The van der Waals surface area contributed by atoms with Crippen LogP contribution in [0.1, 0.15) is 29.8 Å². The SMILES string of the molecule is CCOc1ccc(-c2cnc3c(Nc4ccc(C(=O)N5CCN(CCN(C)C)CC5)c(CC)c4)nccn23)c(F)c1F. The number of anilines is 2. The average Bonchev–Trinajstić information content (AvgIpc) is 3.43. The van der Waals surface area contributed by atoms with E-state index >= 15 is 0 Å². The second-order valence-electron chi connectivity index (χ2n) is 10.6. The summed E-state index contributed by atoms with van der Waals surface area (Å²) in [5.74, 6) is -1.67. The van der Waals surface area contributed by atoms with Crippen LogP contribution in [0.5, 0.6) is 5.75 Å². The maximum Gasteiger partial charge on any atom is 0.254 e. The van der Waals surface area contributed by atoms with Crippen LogP contribution in [0.2, 0.25) is 0 Å². The van der Waals surface area contributed by atoms with Crippen molar-refractivity contribution in [3.05, 3.63) is 71.7 Å². The van der Waals surface area contributed by atoms with E-state index in [0.29, 0.717) is 42.2 Å². The van der Waals surface area contributed by atoms with Gasteiger partial charge >= 0.3 is 0 Å². The molecule has 0 spiro atoms. The standard InChI is InChI=1S/C31H37F2N7O2/c1-5-21-19-22(7-8-23(21)31(41)39-17-15-38(16-18-39)14-13-37(3)4)36-29-30-35-20-25(40(30)12-11-34-29)24-9-10-26(42-6-2)28(33)27(24)32/h7-12,19-20H,5-6,13-18H2,1-4H3,(H,34,36). The highest BCUT2D eigenvalue weighted by Gasteiger charge is 2.24. The topological polar surface area (TPSA) is 78.2 Å². The van der Waals surface area contributed by atoms with E-state index in [1.54, 1.807) is 23.7 Å². The minimum atomic E-state index is -1.04. The molecule has 0 unspecified atom stereocenters. The quantitative estimate of drug-likeness (QED) is 0.293. The molecule has 1 N–H and O–H groups in total. The van der Waals surface area contributed by atoms with Crippen molar-refractivity contribution in [1.29, 1.82) is 0 Å². The number of nitrogens with zero attached hydrogens (tertiary/aromatic N) is 6. The number of aryl methyl sites for hydroxylation is 1. The highest BCUT2D eigenvalue weighted by molar-refractivity contribution is 5.96. The van der Waals surface area contributed by atoms with E-state index in [1.807, 2.05) is 30.0 Å². The number of imidazole rings is 1. The molecule has 0 aliphatic carbocycles. The number of rotatable bonds is 10. The van der Waals surface area contributed by atoms with Crippen LogP contribution in [0.3, 0.4) is 0 Å². The van der Waals surface area contributed by atoms with Gasteiger partial charge in [-0.05, 0) is 63.3 Å². The minimum Gasteiger partial charge on any atom is -0.491 e. The van der Waals surface area contributed by atoms with Gasteiger partial charge in [-0.1, -0.05) is 6.92 Å². The van der Waals surface area contributed by atoms with Gasteiger partial charge in [0.1, 0.15) is 0 Å². The fourth-order valence-electron chi connectivity index (χ4n) is 5.20. The smallest absolute Gasteiger partial charge is 0.254 e. The van der Waals surface area contributed by atoms with Gasteiger partial charge < -0.3 is 19.9 Å². The predicted molar refractivity (Wildman–Crippen MR) is 160 cm³/mol. The molecule has 0 bridgehead atoms. The second-order valence-corrected chi connectivity index (χ2v) is 10.6. The second kappa shape index (κ2) is 12.8. The van der Waals surface area contributed by atoms with Crippen LogP contribution in [0.25, 0.3) is 16.9 Å². The molecule has 0 atom stereocenters. The van der Waals surface area contributed by atoms with Gasteiger partial charge in [-0.2, -0.15) is 4.39 Å². The lowest BCUT2D eigenvalue weighted by Crippen LogP contribution is -2.50. The van der Waals surface area contributed by atoms with Crippen molar-refractivity contribution in [2.75, 3.05) is 65.3 Å². The number of carbonyl (C=O) groups excluding carboxylic acids is 1. The number of piperazine rings is 1. The van der Waals surface area contributed by atoms with Crippen LogP contribution in [-0.2, 0) is 6.42 Å². The lowest BCUT2D eigenvalue weighted by Gasteiger charge is -2.35. The zero-order valence-corrected chi connectivity index (χ0v) is 24.5. The Morgan fingerprint density at radius 1 is 1.05 bits per heavy atom. The van der Waals surface area contributed by atoms with Crippen LogP contribution >= 0.6 is 0 Å². The predicted octanol–water partition coefficient (Wildman–Crippen LogP) is 4.70. The van der Waals surface area contributed by atoms with Gasteiger partial charge in [0.05, 0.1) is 18.5 Å². The third kappa shape index (κ3) is 6.07. The van der Waals surface area contributed by atoms with E-state index in [1.165, 1.54) is 18.3 Å². The number of nitrogens with one attached hydrogen (secondary N) is 1. The Kier molecular flexibility index (Phi) is 8.98. The minimum absolute atomic E-state index is 0.0494. The van der Waals surface area contributed by atoms with Gasteiger partial charge in [-0.15, -0.1) is 0 Å². The lowest BCUT2D eigenvalue weighted by molar-refractivity contribution is 0.0628. The molecule has 222 valence electrons. The van der Waals surface area contributed by atoms with Crippen molar-refractivity contribution >= 4 is 23.1 Å². The zero-order valence-electron chi connectivity index (χ0n) is 24.5. The third-order valence-corrected chi connectivity index (χ3v) is 7.55. The van der Waals surface area contributed by atoms with Crippen molar-refractivity contribution in [3.8, 4) is 17.0 Å². The Morgan fingerprint density at radius 2 is 1.83 bits per heavy atom. The van der Waals surface area contributed by atoms with Crippen LogP contribution < -0.4 is 10.1 Å². The molecule has 9 nitrogen and oxygen atoms in total. The molecule has 0 saturated carbocycles. The van der Waals surface area contributed by atoms with E-state index in [-0.39, 0.29) is 23.8 Å². The number of ether oxygens (including phenoxy) is 1. The molecule has 1 saturated heterocycles. The van der Waals surface area contributed by atoms with Crippen molar-refractivity contribution < 1.29 is 18.3 Å². The number of fused-ring (bicyclic) bond motifs is 1. The van der Waals surface area contributed by atoms with Crippen LogP contribution in [0.15, 0.2) is 48.9 Å². The Balaban J connectivity index is 1.34. The van der Waals surface area contributed by atoms with Crippen molar-refractivity contribution in [2.45, 2.75) is 20.3 Å². The van der Waals surface area contributed by atoms with Gasteiger partial charge in [0, 0.05) is 68.5 Å². The summed E-state index contributed by atoms with van der Waals surface area (Å²) in [6.07, 6.45) is 5.39. The van der Waals surface area contributed by atoms with E-state index in [0.717, 1.165) is 37.4 Å². The van der Waals surface area contributed by atoms with E-state index in [4.69, 9.17) is 4.74 Å². The van der Waals surface area contributed by atoms with Crippen LogP contribution in [-0.4, -0.2) is 94.9 Å². The first-order chi connectivity index (χ1) is 20.3. The average molecular weight is 578 g/mol. The molecule has 11 heteroatoms. The van der Waals surface area contributed by atoms with E-state index in [2.05, 4.69) is 39.2 Å². The van der Waals surface area contributed by atoms with Crippen LogP contribution in [0, 0.1) is 11.6 Å². The number of carbonyl (C=O) groups is 1. The van der Waals surface area contributed by atoms with Crippen LogP contribution in [0.4, 0.5) is 20.3 Å². The summed E-state index contributed by atoms with van der Waals surface area (Å²) in [6, 6.07) is 8.56. The number of aromatic nitrogens is 3. The van der Waals surface area contributed by atoms with Crippen molar-refractivity contribution in [3.63, 3.8) is 0 Å². The largest absolute Gasteiger partial charge is 0.491 e. The fraction of sp³-hybridized carbons (Fsp3) is 0.387. The normalized spacial score (nSPS) is 14.1. The molecule has 5 rings (SSSR count). The molecule has 4 aromatic rings. The molecule has 1 aliphatic heterocycles. The lowest BCUT2D eigenvalue weighted by atomic mass is 10.0. The summed E-state index contributed by atoms with van der Waals surface area (Å²) in [4.78, 5) is 28.8. The molecule has 1 aliphatic rings. The van der Waals surface area contributed by atoms with Gasteiger partial charge in [0.2, 0.25) is 5.82 Å². The molecular formula is C31H37F2N7O2. The van der Waals surface area contributed by atoms with Crippen molar-refractivity contribution in [1.82, 2.24) is 29.1 Å². The molecule has 0 radical (unpaired) electrons. The number of amides is 1. The molecule has 42 heavy (non-hydrogen) atoms. The molecule has 1 amide bonds. The van der Waals surface area contributed by atoms with E-state index in [9.17, 15) is 13.6 Å². The monoisotopic (exact) mass is 577 g/mol. The Bertz CT molecular complexity index is 1560. The number of halogens is 2. The summed E-state index contributed by atoms with van der Waals surface area (Å²) in [5, 5.41) is 3.30. The molecule has 1 fully saturated rings. The van der Waals surface area contributed by atoms with Gasteiger partial charge in [0.15, 0.2) is 23.0 Å². The molecule has 2 aromatic heterocycles. The summed E-state index contributed by atoms with van der Waals surface area (Å²) in [6.45, 7) is 9.13. The Hall–Kier alpha value is -4.09. The summed E-state index contributed by atoms with van der Waals surface area (Å²) < 4.78 is 36.4. The number of benzene rings is 2. The summed E-state index contributed by atoms with van der Waals surface area (Å²) in [7, 11) is 4.14. The first-order valence-electron chi connectivity index (χ1n) is 14.3. The van der Waals surface area contributed by atoms with Gasteiger partial charge in [0.25, 0.3) is 5.91 Å². The Morgan fingerprint density at radius 3 is 2.55 bits per heavy atom. The molecule has 2 aromatic carbocycles. The molecular weight excluding hydrogens is 540 g/mol. The first kappa shape index (κ1) is 29.4. The number of hydrogen-bond donors (Lipinski definition) is 1. The highest BCUT2D eigenvalue weighted by Crippen LogP contribution is 2.32. The maximum atomic E-state index is 15.0. The molecule has 3 heterocycles. The number of likely N-dealkylation sites (N-methyl/N-ethyl adjacent to an activating group) is 1.